The lowest BCUT2D eigenvalue weighted by atomic mass is 10.2. The van der Waals surface area contributed by atoms with E-state index in [2.05, 4.69) is 5.32 Å². The molecule has 2 aromatic carbocycles. The number of hydrogen-bond donors (Lipinski definition) is 1. The summed E-state index contributed by atoms with van der Waals surface area (Å²) in [5.74, 6) is 0. The highest BCUT2D eigenvalue weighted by molar-refractivity contribution is 6.30. The Morgan fingerprint density at radius 2 is 1.88 bits per heavy atom. The van der Waals surface area contributed by atoms with Gasteiger partial charge in [0.15, 0.2) is 0 Å². The van der Waals surface area contributed by atoms with Gasteiger partial charge in [0, 0.05) is 42.8 Å². The number of nitrogens with zero attached hydrogens (tertiary/aromatic N) is 2. The second-order valence-electron chi connectivity index (χ2n) is 7.18. The van der Waals surface area contributed by atoms with Crippen LogP contribution in [0.1, 0.15) is 16.8 Å². The third kappa shape index (κ3) is 6.51. The number of halogens is 4. The molecule has 0 atom stereocenters. The van der Waals surface area contributed by atoms with E-state index in [1.807, 2.05) is 41.1 Å². The topological polar surface area (TPSA) is 46.5 Å². The highest BCUT2D eigenvalue weighted by Crippen LogP contribution is 2.29. The summed E-state index contributed by atoms with van der Waals surface area (Å²) < 4.78 is 45.4. The van der Waals surface area contributed by atoms with Crippen LogP contribution in [0.15, 0.2) is 66.9 Å². The fraction of sp³-hybridized carbons (Fsp3) is 0.261. The van der Waals surface area contributed by atoms with E-state index in [0.717, 1.165) is 23.4 Å². The largest absolute Gasteiger partial charge is 0.416 e. The molecule has 0 saturated carbocycles. The average Bonchev–Trinajstić information content (AvgIpc) is 3.17. The Kier molecular flexibility index (Phi) is 7.82. The molecule has 0 unspecified atom stereocenters. The van der Waals surface area contributed by atoms with Crippen molar-refractivity contribution in [1.29, 1.82) is 0 Å². The Morgan fingerprint density at radius 3 is 2.53 bits per heavy atom. The van der Waals surface area contributed by atoms with Crippen LogP contribution in [0.2, 0.25) is 5.02 Å². The minimum absolute atomic E-state index is 0.278. The number of benzene rings is 2. The predicted molar refractivity (Wildman–Crippen MR) is 118 cm³/mol. The molecule has 32 heavy (non-hydrogen) atoms. The van der Waals surface area contributed by atoms with E-state index in [1.165, 1.54) is 19.2 Å². The number of methoxy groups -OCH3 is 1. The smallest absolute Gasteiger partial charge is 0.383 e. The SMILES string of the molecule is COCCN(Cc1cccn1Cc1cccc(Cl)c1)C(=O)Nc1ccc(C(F)(F)F)cc1. The van der Waals surface area contributed by atoms with Crippen molar-refractivity contribution in [3.8, 4) is 0 Å². The van der Waals surface area contributed by atoms with E-state index < -0.39 is 17.8 Å². The number of urea groups is 1. The zero-order chi connectivity index (χ0) is 23.1. The molecule has 9 heteroatoms. The van der Waals surface area contributed by atoms with Crippen molar-refractivity contribution in [2.45, 2.75) is 19.3 Å². The first kappa shape index (κ1) is 23.7. The van der Waals surface area contributed by atoms with Crippen LogP contribution < -0.4 is 5.32 Å². The van der Waals surface area contributed by atoms with Crippen molar-refractivity contribution in [2.75, 3.05) is 25.6 Å². The summed E-state index contributed by atoms with van der Waals surface area (Å²) in [5.41, 5.74) is 1.42. The summed E-state index contributed by atoms with van der Waals surface area (Å²) in [4.78, 5) is 14.4. The standard InChI is InChI=1S/C23H23ClF3N3O2/c1-32-13-12-30(22(31)28-20-9-7-18(8-10-20)23(25,26)27)16-21-6-3-11-29(21)15-17-4-2-5-19(24)14-17/h2-11,14H,12-13,15-16H2,1H3,(H,28,31). The van der Waals surface area contributed by atoms with Crippen molar-refractivity contribution in [3.63, 3.8) is 0 Å². The second kappa shape index (κ2) is 10.6. The number of anilines is 1. The number of nitrogens with one attached hydrogen (secondary N) is 1. The molecule has 3 rings (SSSR count). The number of carbonyl (C=O) groups is 1. The Bertz CT molecular complexity index is 1040. The zero-order valence-corrected chi connectivity index (χ0v) is 18.2. The molecule has 5 nitrogen and oxygen atoms in total. The third-order valence-electron chi connectivity index (χ3n) is 4.83. The second-order valence-corrected chi connectivity index (χ2v) is 7.61. The maximum absolute atomic E-state index is 12.9. The van der Waals surface area contributed by atoms with E-state index in [9.17, 15) is 18.0 Å². The molecule has 0 aliphatic heterocycles. The zero-order valence-electron chi connectivity index (χ0n) is 17.4. The summed E-state index contributed by atoms with van der Waals surface area (Å²) in [6.07, 6.45) is -2.51. The first-order chi connectivity index (χ1) is 15.3. The van der Waals surface area contributed by atoms with Gasteiger partial charge in [0.05, 0.1) is 18.7 Å². The van der Waals surface area contributed by atoms with Crippen LogP contribution >= 0.6 is 11.6 Å². The molecule has 3 aromatic rings. The average molecular weight is 466 g/mol. The van der Waals surface area contributed by atoms with Gasteiger partial charge in [-0.3, -0.25) is 0 Å². The Morgan fingerprint density at radius 1 is 1.12 bits per heavy atom. The van der Waals surface area contributed by atoms with E-state index in [4.69, 9.17) is 16.3 Å². The molecule has 1 N–H and O–H groups in total. The molecule has 0 spiro atoms. The molecule has 1 heterocycles. The molecule has 1 aromatic heterocycles. The summed E-state index contributed by atoms with van der Waals surface area (Å²) in [6, 6.07) is 15.2. The number of aromatic nitrogens is 1. The fourth-order valence-electron chi connectivity index (χ4n) is 3.17. The Hall–Kier alpha value is -2.97. The van der Waals surface area contributed by atoms with Gasteiger partial charge in [0.25, 0.3) is 0 Å². The van der Waals surface area contributed by atoms with Crippen LogP contribution in [0.5, 0.6) is 0 Å². The van der Waals surface area contributed by atoms with Crippen molar-refractivity contribution in [1.82, 2.24) is 9.47 Å². The lowest BCUT2D eigenvalue weighted by Gasteiger charge is -2.24. The first-order valence-corrected chi connectivity index (χ1v) is 10.2. The maximum atomic E-state index is 12.9. The van der Waals surface area contributed by atoms with E-state index >= 15 is 0 Å². The lowest BCUT2D eigenvalue weighted by molar-refractivity contribution is -0.137. The highest BCUT2D eigenvalue weighted by Gasteiger charge is 2.30. The van der Waals surface area contributed by atoms with E-state index in [-0.39, 0.29) is 5.69 Å². The predicted octanol–water partition coefficient (Wildman–Crippen LogP) is 5.89. The van der Waals surface area contributed by atoms with Crippen LogP contribution in [0.4, 0.5) is 23.7 Å². The summed E-state index contributed by atoms with van der Waals surface area (Å²) >= 11 is 6.07. The van der Waals surface area contributed by atoms with Crippen molar-refractivity contribution in [2.24, 2.45) is 0 Å². The molecule has 0 bridgehead atoms. The van der Waals surface area contributed by atoms with Gasteiger partial charge in [0.2, 0.25) is 0 Å². The molecular formula is C23H23ClF3N3O2. The molecular weight excluding hydrogens is 443 g/mol. The van der Waals surface area contributed by atoms with Gasteiger partial charge in [-0.15, -0.1) is 0 Å². The molecule has 0 fully saturated rings. The van der Waals surface area contributed by atoms with Gasteiger partial charge in [-0.25, -0.2) is 4.79 Å². The van der Waals surface area contributed by atoms with Crippen molar-refractivity contribution in [3.05, 3.63) is 88.7 Å². The third-order valence-corrected chi connectivity index (χ3v) is 5.07. The number of rotatable bonds is 8. The highest BCUT2D eigenvalue weighted by atomic mass is 35.5. The minimum Gasteiger partial charge on any atom is -0.383 e. The number of ether oxygens (including phenoxy) is 1. The summed E-state index contributed by atoms with van der Waals surface area (Å²) in [7, 11) is 1.54. The molecule has 0 radical (unpaired) electrons. The van der Waals surface area contributed by atoms with Crippen molar-refractivity contribution >= 4 is 23.3 Å². The van der Waals surface area contributed by atoms with E-state index in [1.54, 1.807) is 11.0 Å². The maximum Gasteiger partial charge on any atom is 0.416 e. The Labute approximate surface area is 189 Å². The summed E-state index contributed by atoms with van der Waals surface area (Å²) in [6.45, 7) is 1.51. The van der Waals surface area contributed by atoms with Crippen LogP contribution in [-0.4, -0.2) is 35.8 Å². The molecule has 2 amide bonds. The number of amides is 2. The van der Waals surface area contributed by atoms with Gasteiger partial charge in [-0.05, 0) is 54.1 Å². The lowest BCUT2D eigenvalue weighted by Crippen LogP contribution is -2.37. The first-order valence-electron chi connectivity index (χ1n) is 9.87. The van der Waals surface area contributed by atoms with Crippen LogP contribution in [0, 0.1) is 0 Å². The van der Waals surface area contributed by atoms with Gasteiger partial charge in [-0.1, -0.05) is 23.7 Å². The van der Waals surface area contributed by atoms with Gasteiger partial charge >= 0.3 is 12.2 Å². The van der Waals surface area contributed by atoms with Crippen LogP contribution in [-0.2, 0) is 24.0 Å². The molecule has 0 aliphatic carbocycles. The molecule has 0 saturated heterocycles. The van der Waals surface area contributed by atoms with Gasteiger partial charge in [0.1, 0.15) is 0 Å². The van der Waals surface area contributed by atoms with Gasteiger partial charge < -0.3 is 19.5 Å². The number of alkyl halides is 3. The Balaban J connectivity index is 1.71. The normalized spacial score (nSPS) is 11.4. The molecule has 170 valence electrons. The molecule has 0 aliphatic rings. The fourth-order valence-corrected chi connectivity index (χ4v) is 3.39. The quantitative estimate of drug-likeness (QED) is 0.451. The van der Waals surface area contributed by atoms with Crippen molar-refractivity contribution < 1.29 is 22.7 Å². The number of carbonyl (C=O) groups excluding carboxylic acids is 1. The minimum atomic E-state index is -4.43. The van der Waals surface area contributed by atoms with Crippen LogP contribution in [0.25, 0.3) is 0 Å². The van der Waals surface area contributed by atoms with Crippen LogP contribution in [0.3, 0.4) is 0 Å². The van der Waals surface area contributed by atoms with Gasteiger partial charge in [-0.2, -0.15) is 13.2 Å². The number of hydrogen-bond acceptors (Lipinski definition) is 2. The summed E-state index contributed by atoms with van der Waals surface area (Å²) in [5, 5.41) is 3.30. The van der Waals surface area contributed by atoms with E-state index in [0.29, 0.717) is 31.3 Å². The monoisotopic (exact) mass is 465 g/mol.